The number of aromatic nitrogens is 2. The molecular weight excluding hydrogens is 556 g/mol. The molecule has 40 heavy (non-hydrogen) atoms. The fourth-order valence-electron chi connectivity index (χ4n) is 4.79. The van der Waals surface area contributed by atoms with Crippen molar-refractivity contribution in [2.75, 3.05) is 12.9 Å². The number of benzene rings is 1. The highest BCUT2D eigenvalue weighted by Gasteiger charge is 2.61. The van der Waals surface area contributed by atoms with E-state index in [1.165, 1.54) is 23.0 Å². The molecule has 14 heteroatoms. The number of hydrogen-bond donors (Lipinski definition) is 2. The summed E-state index contributed by atoms with van der Waals surface area (Å²) in [6.45, 7) is 2.65. The zero-order valence-electron chi connectivity index (χ0n) is 22.0. The van der Waals surface area contributed by atoms with Gasteiger partial charge in [0.05, 0.1) is 18.6 Å². The van der Waals surface area contributed by atoms with E-state index in [4.69, 9.17) is 4.74 Å². The van der Waals surface area contributed by atoms with Gasteiger partial charge in [0.15, 0.2) is 5.54 Å². The summed E-state index contributed by atoms with van der Waals surface area (Å²) in [5, 5.41) is 6.09. The van der Waals surface area contributed by atoms with Gasteiger partial charge in [-0.1, -0.05) is 19.8 Å². The summed E-state index contributed by atoms with van der Waals surface area (Å²) in [5.41, 5.74) is -5.60. The van der Waals surface area contributed by atoms with E-state index >= 15 is 4.39 Å². The van der Waals surface area contributed by atoms with Crippen molar-refractivity contribution in [1.29, 1.82) is 0 Å². The molecule has 2 aromatic rings. The molecule has 1 fully saturated rings. The zero-order valence-corrected chi connectivity index (χ0v) is 22.8. The first kappa shape index (κ1) is 29.6. The van der Waals surface area contributed by atoms with Crippen molar-refractivity contribution in [3.63, 3.8) is 0 Å². The SMILES string of the molecule is CCCCOc1ccc([C@]2(C(F)(F)F)CC(c3ccn(CC4CCC4)n3)=C(C(=O)NS(C)(=O)=O)C(=O)N2)c(F)c1. The molecule has 0 bridgehead atoms. The molecule has 1 aromatic heterocycles. The van der Waals surface area contributed by atoms with Crippen LogP contribution in [0.25, 0.3) is 5.57 Å². The van der Waals surface area contributed by atoms with Crippen LogP contribution >= 0.6 is 0 Å². The molecule has 2 heterocycles. The van der Waals surface area contributed by atoms with Gasteiger partial charge in [-0.3, -0.25) is 14.3 Å². The number of carbonyl (C=O) groups excluding carboxylic acids is 2. The van der Waals surface area contributed by atoms with E-state index < -0.39 is 62.5 Å². The van der Waals surface area contributed by atoms with E-state index in [-0.39, 0.29) is 18.1 Å². The number of sulfonamides is 1. The third kappa shape index (κ3) is 6.16. The van der Waals surface area contributed by atoms with E-state index in [9.17, 15) is 31.2 Å². The van der Waals surface area contributed by atoms with Crippen molar-refractivity contribution in [2.24, 2.45) is 5.92 Å². The van der Waals surface area contributed by atoms with Gasteiger partial charge in [0.1, 0.15) is 17.1 Å². The number of carbonyl (C=O) groups is 2. The quantitative estimate of drug-likeness (QED) is 0.248. The second-order valence-electron chi connectivity index (χ2n) is 10.2. The number of hydrogen-bond acceptors (Lipinski definition) is 6. The normalized spacial score (nSPS) is 20.2. The monoisotopic (exact) mass is 586 g/mol. The van der Waals surface area contributed by atoms with Crippen LogP contribution in [-0.4, -0.2) is 49.1 Å². The second kappa shape index (κ2) is 11.2. The molecule has 1 aliphatic heterocycles. The fourth-order valence-corrected chi connectivity index (χ4v) is 5.22. The third-order valence-corrected chi connectivity index (χ3v) is 7.63. The van der Waals surface area contributed by atoms with Crippen molar-refractivity contribution >= 4 is 27.4 Å². The Balaban J connectivity index is 1.82. The van der Waals surface area contributed by atoms with Crippen molar-refractivity contribution < 1.29 is 40.3 Å². The van der Waals surface area contributed by atoms with Gasteiger partial charge in [0, 0.05) is 36.4 Å². The van der Waals surface area contributed by atoms with Gasteiger partial charge in [-0.25, -0.2) is 17.5 Å². The maximum absolute atomic E-state index is 15.3. The number of alkyl halides is 3. The molecule has 0 spiro atoms. The lowest BCUT2D eigenvalue weighted by Crippen LogP contribution is -2.60. The highest BCUT2D eigenvalue weighted by molar-refractivity contribution is 7.89. The maximum atomic E-state index is 15.3. The molecule has 0 saturated heterocycles. The van der Waals surface area contributed by atoms with Crippen molar-refractivity contribution in [3.05, 3.63) is 53.1 Å². The first-order valence-electron chi connectivity index (χ1n) is 12.8. The Bertz CT molecular complexity index is 1430. The average molecular weight is 587 g/mol. The molecule has 0 radical (unpaired) electrons. The average Bonchev–Trinajstić information content (AvgIpc) is 3.28. The van der Waals surface area contributed by atoms with Gasteiger partial charge < -0.3 is 10.1 Å². The van der Waals surface area contributed by atoms with Crippen LogP contribution in [0.3, 0.4) is 0 Å². The number of nitrogens with one attached hydrogen (secondary N) is 2. The third-order valence-electron chi connectivity index (χ3n) is 7.07. The van der Waals surface area contributed by atoms with Crippen LogP contribution in [0.15, 0.2) is 36.0 Å². The Morgan fingerprint density at radius 1 is 1.27 bits per heavy atom. The Labute approximate surface area is 229 Å². The number of halogens is 4. The molecule has 9 nitrogen and oxygen atoms in total. The number of amides is 2. The molecule has 0 unspecified atom stereocenters. The van der Waals surface area contributed by atoms with Crippen molar-refractivity contribution in [3.8, 4) is 5.75 Å². The van der Waals surface area contributed by atoms with Gasteiger partial charge in [-0.05, 0) is 43.4 Å². The number of nitrogens with zero attached hydrogens (tertiary/aromatic N) is 2. The van der Waals surface area contributed by atoms with Crippen LogP contribution in [0, 0.1) is 11.7 Å². The summed E-state index contributed by atoms with van der Waals surface area (Å²) in [6, 6.07) is 4.23. The lowest BCUT2D eigenvalue weighted by Gasteiger charge is -2.41. The first-order valence-corrected chi connectivity index (χ1v) is 14.7. The predicted octanol–water partition coefficient (Wildman–Crippen LogP) is 3.81. The zero-order chi connectivity index (χ0) is 29.3. The smallest absolute Gasteiger partial charge is 0.416 e. The standard InChI is InChI=1S/C26H30F4N4O5S/c1-3-4-12-39-17-8-9-19(20(27)13-17)25(26(28,29)30)14-18(21-10-11-34(32-21)15-16-6-5-7-16)22(23(35)31-25)24(36)33-40(2,37)38/h8-11,13,16H,3-7,12,14-15H2,1-2H3,(H,31,35)(H,33,36)/t25-/m0/s1. The second-order valence-corrected chi connectivity index (χ2v) is 11.9. The largest absolute Gasteiger partial charge is 0.493 e. The van der Waals surface area contributed by atoms with Crippen molar-refractivity contribution in [1.82, 2.24) is 19.8 Å². The minimum Gasteiger partial charge on any atom is -0.493 e. The van der Waals surface area contributed by atoms with Crippen LogP contribution < -0.4 is 14.8 Å². The summed E-state index contributed by atoms with van der Waals surface area (Å²) in [6.07, 6.45) is 0.289. The highest BCUT2D eigenvalue weighted by atomic mass is 32.2. The van der Waals surface area contributed by atoms with Crippen LogP contribution in [0.4, 0.5) is 17.6 Å². The molecule has 1 aromatic carbocycles. The molecule has 1 saturated carbocycles. The Hall–Kier alpha value is -3.42. The number of rotatable bonds is 10. The topological polar surface area (TPSA) is 119 Å². The number of unbranched alkanes of at least 4 members (excludes halogenated alkanes) is 1. The lowest BCUT2D eigenvalue weighted by molar-refractivity contribution is -0.202. The minimum absolute atomic E-state index is 0.0212. The van der Waals surface area contributed by atoms with Gasteiger partial charge in [0.25, 0.3) is 11.8 Å². The van der Waals surface area contributed by atoms with Crippen LogP contribution in [0.1, 0.15) is 56.7 Å². The molecule has 2 aliphatic rings. The van der Waals surface area contributed by atoms with Crippen LogP contribution in [-0.2, 0) is 31.7 Å². The summed E-state index contributed by atoms with van der Waals surface area (Å²) in [4.78, 5) is 26.1. The molecule has 2 N–H and O–H groups in total. The van der Waals surface area contributed by atoms with Gasteiger partial charge in [-0.15, -0.1) is 0 Å². The van der Waals surface area contributed by atoms with Crippen LogP contribution in [0.2, 0.25) is 0 Å². The Morgan fingerprint density at radius 3 is 2.58 bits per heavy atom. The van der Waals surface area contributed by atoms with E-state index in [2.05, 4.69) is 5.10 Å². The van der Waals surface area contributed by atoms with E-state index in [0.29, 0.717) is 25.1 Å². The molecule has 1 atom stereocenters. The lowest BCUT2D eigenvalue weighted by atomic mass is 9.77. The molecule has 2 amide bonds. The maximum Gasteiger partial charge on any atom is 0.416 e. The van der Waals surface area contributed by atoms with Gasteiger partial charge >= 0.3 is 6.18 Å². The summed E-state index contributed by atoms with van der Waals surface area (Å²) in [7, 11) is -4.17. The molecule has 218 valence electrons. The molecule has 4 rings (SSSR count). The van der Waals surface area contributed by atoms with Gasteiger partial charge in [-0.2, -0.15) is 18.3 Å². The minimum atomic E-state index is -5.23. The Kier molecular flexibility index (Phi) is 8.29. The summed E-state index contributed by atoms with van der Waals surface area (Å²) < 4.78 is 91.9. The number of ether oxygens (including phenoxy) is 1. The predicted molar refractivity (Wildman–Crippen MR) is 137 cm³/mol. The van der Waals surface area contributed by atoms with E-state index in [1.807, 2.05) is 6.92 Å². The fraction of sp³-hybridized carbons (Fsp3) is 0.500. The van der Waals surface area contributed by atoms with Crippen molar-refractivity contribution in [2.45, 2.75) is 63.7 Å². The van der Waals surface area contributed by atoms with E-state index in [1.54, 1.807) is 10.0 Å². The summed E-state index contributed by atoms with van der Waals surface area (Å²) >= 11 is 0. The summed E-state index contributed by atoms with van der Waals surface area (Å²) in [5.74, 6) is -3.85. The first-order chi connectivity index (χ1) is 18.7. The van der Waals surface area contributed by atoms with Gasteiger partial charge in [0.2, 0.25) is 10.0 Å². The van der Waals surface area contributed by atoms with E-state index in [0.717, 1.165) is 37.8 Å². The molecule has 1 aliphatic carbocycles. The Morgan fingerprint density at radius 2 is 2.00 bits per heavy atom. The molecular formula is C26H30F4N4O5S. The van der Waals surface area contributed by atoms with Crippen LogP contribution in [0.5, 0.6) is 5.75 Å². The highest BCUT2D eigenvalue weighted by Crippen LogP contribution is 2.49.